The normalized spacial score (nSPS) is 13.1. The molecular weight excluding hydrogens is 449 g/mol. The molecule has 0 spiro atoms. The van der Waals surface area contributed by atoms with Gasteiger partial charge in [-0.3, -0.25) is 10.2 Å². The topological polar surface area (TPSA) is 75.1 Å². The number of ketones is 1. The Balaban J connectivity index is 1.96. The zero-order chi connectivity index (χ0) is 26.1. The van der Waals surface area contributed by atoms with E-state index in [-0.39, 0.29) is 48.0 Å². The SMILES string of the molecule is CCOc1cc2c(c(F)c1OCC)C(=N)N(CC(=O)c1cc(N(C)C)c(OC)c(C(C)(C)C)c1)C2. The standard InChI is InChI=1S/C27H36FN3O4/c1-9-34-21-13-17-14-31(26(29)22(17)23(28)25(21)35-10-2)15-20(32)16-11-18(27(3,4)5)24(33-8)19(12-16)30(6)7/h11-13,29H,9-10,14-15H2,1-8H3. The maximum absolute atomic E-state index is 15.4. The first-order valence-electron chi connectivity index (χ1n) is 11.8. The van der Waals surface area contributed by atoms with E-state index in [2.05, 4.69) is 20.8 Å². The van der Waals surface area contributed by atoms with Crippen LogP contribution in [-0.2, 0) is 12.0 Å². The van der Waals surface area contributed by atoms with Crippen LogP contribution in [0.1, 0.15) is 61.7 Å². The highest BCUT2D eigenvalue weighted by atomic mass is 19.1. The van der Waals surface area contributed by atoms with Gasteiger partial charge in [0.15, 0.2) is 23.1 Å². The van der Waals surface area contributed by atoms with Crippen molar-refractivity contribution in [2.24, 2.45) is 0 Å². The van der Waals surface area contributed by atoms with Gasteiger partial charge in [0.2, 0.25) is 0 Å². The molecule has 1 aliphatic rings. The van der Waals surface area contributed by atoms with Crippen LogP contribution in [0.4, 0.5) is 10.1 Å². The van der Waals surface area contributed by atoms with Gasteiger partial charge in [-0.15, -0.1) is 0 Å². The molecule has 0 amide bonds. The Kier molecular flexibility index (Phi) is 7.62. The number of halogens is 1. The largest absolute Gasteiger partial charge is 0.494 e. The maximum atomic E-state index is 15.4. The molecule has 0 unspecified atom stereocenters. The third-order valence-corrected chi connectivity index (χ3v) is 5.99. The fourth-order valence-corrected chi connectivity index (χ4v) is 4.30. The summed E-state index contributed by atoms with van der Waals surface area (Å²) in [4.78, 5) is 16.9. The first-order chi connectivity index (χ1) is 16.4. The summed E-state index contributed by atoms with van der Waals surface area (Å²) >= 11 is 0. The fraction of sp³-hybridized carbons (Fsp3) is 0.481. The summed E-state index contributed by atoms with van der Waals surface area (Å²) in [5.74, 6) is 0.233. The fourth-order valence-electron chi connectivity index (χ4n) is 4.30. The molecule has 0 aromatic heterocycles. The van der Waals surface area contributed by atoms with Crippen LogP contribution in [0.3, 0.4) is 0 Å². The number of methoxy groups -OCH3 is 1. The number of carbonyl (C=O) groups excluding carboxylic acids is 1. The van der Waals surface area contributed by atoms with E-state index in [9.17, 15) is 4.79 Å². The molecule has 1 heterocycles. The summed E-state index contributed by atoms with van der Waals surface area (Å²) in [5.41, 5.74) is 2.75. The van der Waals surface area contributed by atoms with E-state index in [0.717, 1.165) is 17.0 Å². The average Bonchev–Trinajstić information content (AvgIpc) is 3.09. The van der Waals surface area contributed by atoms with Crippen LogP contribution in [0.5, 0.6) is 17.2 Å². The highest BCUT2D eigenvalue weighted by Gasteiger charge is 2.33. The van der Waals surface area contributed by atoms with Gasteiger partial charge in [0.05, 0.1) is 38.1 Å². The van der Waals surface area contributed by atoms with Crippen LogP contribution in [0.25, 0.3) is 0 Å². The van der Waals surface area contributed by atoms with E-state index < -0.39 is 5.82 Å². The summed E-state index contributed by atoms with van der Waals surface area (Å²) in [6.45, 7) is 10.6. The van der Waals surface area contributed by atoms with Gasteiger partial charge in [-0.25, -0.2) is 4.39 Å². The smallest absolute Gasteiger partial charge is 0.197 e. The molecule has 8 heteroatoms. The second-order valence-electron chi connectivity index (χ2n) is 9.77. The minimum Gasteiger partial charge on any atom is -0.494 e. The quantitative estimate of drug-likeness (QED) is 0.503. The number of hydrogen-bond donors (Lipinski definition) is 1. The molecule has 0 bridgehead atoms. The van der Waals surface area contributed by atoms with Crippen molar-refractivity contribution in [2.45, 2.75) is 46.6 Å². The lowest BCUT2D eigenvalue weighted by Gasteiger charge is -2.27. The summed E-state index contributed by atoms with van der Waals surface area (Å²) in [6.07, 6.45) is 0. The molecule has 3 rings (SSSR count). The first-order valence-corrected chi connectivity index (χ1v) is 11.8. The van der Waals surface area contributed by atoms with Gasteiger partial charge in [0.1, 0.15) is 11.6 Å². The number of amidine groups is 1. The second-order valence-corrected chi connectivity index (χ2v) is 9.77. The van der Waals surface area contributed by atoms with Crippen molar-refractivity contribution >= 4 is 17.3 Å². The molecule has 0 aliphatic carbocycles. The van der Waals surface area contributed by atoms with Crippen molar-refractivity contribution < 1.29 is 23.4 Å². The summed E-state index contributed by atoms with van der Waals surface area (Å²) in [5, 5.41) is 8.61. The van der Waals surface area contributed by atoms with E-state index in [1.165, 1.54) is 0 Å². The lowest BCUT2D eigenvalue weighted by atomic mass is 9.84. The second kappa shape index (κ2) is 10.1. The number of benzene rings is 2. The average molecular weight is 486 g/mol. The van der Waals surface area contributed by atoms with Crippen molar-refractivity contribution in [3.63, 3.8) is 0 Å². The Morgan fingerprint density at radius 1 is 1.11 bits per heavy atom. The number of Topliss-reactive ketones (excluding diaryl/α,β-unsaturated/α-hetero) is 1. The molecule has 0 fully saturated rings. The number of anilines is 1. The summed E-state index contributed by atoms with van der Waals surface area (Å²) < 4.78 is 32.1. The first kappa shape index (κ1) is 26.3. The lowest BCUT2D eigenvalue weighted by molar-refractivity contribution is 0.0962. The number of fused-ring (bicyclic) bond motifs is 1. The molecule has 35 heavy (non-hydrogen) atoms. The van der Waals surface area contributed by atoms with Crippen molar-refractivity contribution in [3.05, 3.63) is 46.3 Å². The van der Waals surface area contributed by atoms with E-state index in [1.54, 1.807) is 25.0 Å². The van der Waals surface area contributed by atoms with Crippen LogP contribution in [0, 0.1) is 11.2 Å². The Morgan fingerprint density at radius 3 is 2.31 bits per heavy atom. The number of nitrogens with zero attached hydrogens (tertiary/aromatic N) is 2. The zero-order valence-corrected chi connectivity index (χ0v) is 22.0. The van der Waals surface area contributed by atoms with Crippen molar-refractivity contribution in [1.29, 1.82) is 5.41 Å². The molecule has 190 valence electrons. The molecule has 0 saturated carbocycles. The van der Waals surface area contributed by atoms with E-state index in [0.29, 0.717) is 23.5 Å². The van der Waals surface area contributed by atoms with Crippen LogP contribution in [0.2, 0.25) is 0 Å². The summed E-state index contributed by atoms with van der Waals surface area (Å²) in [7, 11) is 5.43. The van der Waals surface area contributed by atoms with Gasteiger partial charge >= 0.3 is 0 Å². The molecule has 0 saturated heterocycles. The van der Waals surface area contributed by atoms with Gasteiger partial charge in [0.25, 0.3) is 0 Å². The van der Waals surface area contributed by atoms with Crippen LogP contribution in [0.15, 0.2) is 18.2 Å². The Hall–Kier alpha value is -3.29. The number of nitrogens with one attached hydrogen (secondary N) is 1. The van der Waals surface area contributed by atoms with Gasteiger partial charge < -0.3 is 24.0 Å². The van der Waals surface area contributed by atoms with Crippen molar-refractivity contribution in [1.82, 2.24) is 4.90 Å². The monoisotopic (exact) mass is 485 g/mol. The molecular formula is C27H36FN3O4. The van der Waals surface area contributed by atoms with Crippen molar-refractivity contribution in [3.8, 4) is 17.2 Å². The predicted molar refractivity (Wildman–Crippen MR) is 136 cm³/mol. The van der Waals surface area contributed by atoms with Crippen LogP contribution < -0.4 is 19.1 Å². The van der Waals surface area contributed by atoms with E-state index in [4.69, 9.17) is 19.6 Å². The number of rotatable bonds is 9. The number of ether oxygens (including phenoxy) is 3. The molecule has 1 aliphatic heterocycles. The van der Waals surface area contributed by atoms with Gasteiger partial charge in [-0.1, -0.05) is 20.8 Å². The van der Waals surface area contributed by atoms with E-state index in [1.807, 2.05) is 38.1 Å². The number of carbonyl (C=O) groups is 1. The summed E-state index contributed by atoms with van der Waals surface area (Å²) in [6, 6.07) is 5.38. The van der Waals surface area contributed by atoms with Gasteiger partial charge in [0, 0.05) is 31.8 Å². The minimum absolute atomic E-state index is 0.00613. The number of hydrogen-bond acceptors (Lipinski definition) is 6. The zero-order valence-electron chi connectivity index (χ0n) is 22.0. The highest BCUT2D eigenvalue weighted by Crippen LogP contribution is 2.41. The molecule has 7 nitrogen and oxygen atoms in total. The molecule has 1 N–H and O–H groups in total. The van der Waals surface area contributed by atoms with E-state index >= 15 is 4.39 Å². The molecule has 2 aromatic carbocycles. The Bertz CT molecular complexity index is 1140. The Morgan fingerprint density at radius 2 is 1.77 bits per heavy atom. The third-order valence-electron chi connectivity index (χ3n) is 5.99. The lowest BCUT2D eigenvalue weighted by Crippen LogP contribution is -2.31. The highest BCUT2D eigenvalue weighted by molar-refractivity contribution is 6.06. The predicted octanol–water partition coefficient (Wildman–Crippen LogP) is 5.02. The van der Waals surface area contributed by atoms with Gasteiger partial charge in [-0.05, 0) is 43.0 Å². The third kappa shape index (κ3) is 5.06. The molecule has 0 radical (unpaired) electrons. The Labute approximate surface area is 207 Å². The van der Waals surface area contributed by atoms with Crippen molar-refractivity contribution in [2.75, 3.05) is 45.9 Å². The van der Waals surface area contributed by atoms with Crippen LogP contribution in [-0.4, -0.2) is 57.5 Å². The molecule has 2 aromatic rings. The minimum atomic E-state index is -0.623. The maximum Gasteiger partial charge on any atom is 0.197 e. The van der Waals surface area contributed by atoms with Crippen LogP contribution >= 0.6 is 0 Å². The molecule has 0 atom stereocenters. The van der Waals surface area contributed by atoms with Gasteiger partial charge in [-0.2, -0.15) is 0 Å².